The van der Waals surface area contributed by atoms with Gasteiger partial charge in [0.15, 0.2) is 6.10 Å². The zero-order chi connectivity index (χ0) is 52.2. The summed E-state index contributed by atoms with van der Waals surface area (Å²) in [6.07, 6.45) is 77.1. The molecule has 0 amide bonds. The topological polar surface area (TPSA) is 78.9 Å². The van der Waals surface area contributed by atoms with Crippen molar-refractivity contribution in [1.29, 1.82) is 0 Å². The van der Waals surface area contributed by atoms with Gasteiger partial charge in [-0.3, -0.25) is 14.4 Å². The molecule has 6 heteroatoms. The van der Waals surface area contributed by atoms with Gasteiger partial charge in [0, 0.05) is 19.3 Å². The normalized spacial score (nSPS) is 12.4. The van der Waals surface area contributed by atoms with Gasteiger partial charge in [-0.25, -0.2) is 0 Å². The van der Waals surface area contributed by atoms with E-state index >= 15 is 0 Å². The van der Waals surface area contributed by atoms with Gasteiger partial charge in [-0.15, -0.1) is 0 Å². The summed E-state index contributed by atoms with van der Waals surface area (Å²) in [7, 11) is 0. The lowest BCUT2D eigenvalue weighted by atomic mass is 10.0. The molecular weight excluding hydrogens is 889 g/mol. The van der Waals surface area contributed by atoms with Gasteiger partial charge in [-0.1, -0.05) is 281 Å². The Bertz CT molecular complexity index is 1290. The van der Waals surface area contributed by atoms with Crippen molar-refractivity contribution in [3.63, 3.8) is 0 Å². The van der Waals surface area contributed by atoms with Crippen molar-refractivity contribution in [2.75, 3.05) is 13.2 Å². The van der Waals surface area contributed by atoms with Crippen molar-refractivity contribution in [2.45, 2.75) is 329 Å². The van der Waals surface area contributed by atoms with Crippen LogP contribution in [0.25, 0.3) is 0 Å². The summed E-state index contributed by atoms with van der Waals surface area (Å²) in [4.78, 5) is 37.9. The number of ether oxygens (including phenoxy) is 3. The summed E-state index contributed by atoms with van der Waals surface area (Å²) >= 11 is 0. The number of esters is 3. The maximum absolute atomic E-state index is 12.8. The molecule has 0 radical (unpaired) electrons. The van der Waals surface area contributed by atoms with Crippen molar-refractivity contribution in [1.82, 2.24) is 0 Å². The molecule has 0 aromatic rings. The Morgan fingerprint density at radius 1 is 0.292 bits per heavy atom. The molecule has 1 atom stereocenters. The largest absolute Gasteiger partial charge is 0.462 e. The molecule has 0 saturated heterocycles. The van der Waals surface area contributed by atoms with E-state index in [0.717, 1.165) is 96.3 Å². The highest BCUT2D eigenvalue weighted by atomic mass is 16.6. The van der Waals surface area contributed by atoms with Crippen molar-refractivity contribution < 1.29 is 28.6 Å². The lowest BCUT2D eigenvalue weighted by Gasteiger charge is -2.18. The minimum absolute atomic E-state index is 0.0815. The van der Waals surface area contributed by atoms with Crippen molar-refractivity contribution in [3.05, 3.63) is 60.8 Å². The van der Waals surface area contributed by atoms with Crippen LogP contribution >= 0.6 is 0 Å². The van der Waals surface area contributed by atoms with Gasteiger partial charge in [0.25, 0.3) is 0 Å². The first-order valence-corrected chi connectivity index (χ1v) is 31.3. The van der Waals surface area contributed by atoms with E-state index in [1.165, 1.54) is 186 Å². The number of hydrogen-bond acceptors (Lipinski definition) is 6. The van der Waals surface area contributed by atoms with E-state index in [1.54, 1.807) is 0 Å². The highest BCUT2D eigenvalue weighted by Gasteiger charge is 2.19. The summed E-state index contributed by atoms with van der Waals surface area (Å²) in [6.45, 7) is 6.48. The lowest BCUT2D eigenvalue weighted by Crippen LogP contribution is -2.30. The Morgan fingerprint density at radius 3 is 0.861 bits per heavy atom. The van der Waals surface area contributed by atoms with E-state index < -0.39 is 6.10 Å². The Kier molecular flexibility index (Phi) is 58.2. The smallest absolute Gasteiger partial charge is 0.306 e. The summed E-state index contributed by atoms with van der Waals surface area (Å²) in [5.41, 5.74) is 0. The Hall–Kier alpha value is -2.89. The van der Waals surface area contributed by atoms with Crippen molar-refractivity contribution >= 4 is 17.9 Å². The van der Waals surface area contributed by atoms with E-state index in [0.29, 0.717) is 19.3 Å². The molecule has 0 rings (SSSR count). The van der Waals surface area contributed by atoms with Crippen LogP contribution < -0.4 is 0 Å². The van der Waals surface area contributed by atoms with E-state index in [4.69, 9.17) is 14.2 Å². The van der Waals surface area contributed by atoms with Crippen LogP contribution in [0, 0.1) is 0 Å². The third-order valence-electron chi connectivity index (χ3n) is 13.8. The predicted octanol–water partition coefficient (Wildman–Crippen LogP) is 21.2. The van der Waals surface area contributed by atoms with Crippen LogP contribution in [0.3, 0.4) is 0 Å². The van der Waals surface area contributed by atoms with Crippen LogP contribution in [0.15, 0.2) is 60.8 Å². The van der Waals surface area contributed by atoms with Gasteiger partial charge in [0.05, 0.1) is 0 Å². The minimum atomic E-state index is -0.783. The van der Waals surface area contributed by atoms with Gasteiger partial charge in [-0.05, 0) is 83.5 Å². The van der Waals surface area contributed by atoms with Crippen LogP contribution in [0.1, 0.15) is 323 Å². The fourth-order valence-electron chi connectivity index (χ4n) is 9.08. The molecular formula is C66H118O6. The van der Waals surface area contributed by atoms with Crippen molar-refractivity contribution in [3.8, 4) is 0 Å². The molecule has 0 N–H and O–H groups in total. The van der Waals surface area contributed by atoms with Crippen molar-refractivity contribution in [2.24, 2.45) is 0 Å². The number of carbonyl (C=O) groups is 3. The second kappa shape index (κ2) is 60.7. The third kappa shape index (κ3) is 58.0. The van der Waals surface area contributed by atoms with E-state index in [9.17, 15) is 14.4 Å². The highest BCUT2D eigenvalue weighted by molar-refractivity contribution is 5.71. The highest BCUT2D eigenvalue weighted by Crippen LogP contribution is 2.17. The first kappa shape index (κ1) is 69.1. The SMILES string of the molecule is CC/C=C\C/C=C\C/C=C\C/C=C\CCCCCCC(=O)OC(COC(=O)CCCCCCCC)COC(=O)CCCCCCCCCCCCCCCCCCCCC/C=C\CCCCCCCCCC. The van der Waals surface area contributed by atoms with E-state index in [1.807, 2.05) is 0 Å². The summed E-state index contributed by atoms with van der Waals surface area (Å²) in [6, 6.07) is 0. The van der Waals surface area contributed by atoms with Gasteiger partial charge >= 0.3 is 17.9 Å². The van der Waals surface area contributed by atoms with Gasteiger partial charge in [-0.2, -0.15) is 0 Å². The second-order valence-corrected chi connectivity index (χ2v) is 20.9. The molecule has 418 valence electrons. The van der Waals surface area contributed by atoms with Crippen LogP contribution in [-0.2, 0) is 28.6 Å². The molecule has 0 aromatic heterocycles. The zero-order valence-corrected chi connectivity index (χ0v) is 47.9. The maximum atomic E-state index is 12.8. The van der Waals surface area contributed by atoms with Crippen LogP contribution in [-0.4, -0.2) is 37.2 Å². The predicted molar refractivity (Wildman–Crippen MR) is 312 cm³/mol. The molecule has 1 unspecified atom stereocenters. The molecule has 6 nitrogen and oxygen atoms in total. The molecule has 0 fully saturated rings. The molecule has 0 aliphatic carbocycles. The van der Waals surface area contributed by atoms with Crippen LogP contribution in [0.4, 0.5) is 0 Å². The molecule has 0 saturated carbocycles. The standard InChI is InChI=1S/C66H118O6/c1-4-7-10-13-16-18-20-22-24-26-27-28-29-30-31-32-33-34-35-36-37-38-39-41-42-44-46-48-50-53-56-59-65(68)71-62-63(61-70-64(67)58-55-52-15-12-9-6-3)72-66(69)60-57-54-51-49-47-45-43-40-25-23-21-19-17-14-11-8-5-2/h8,11,17,19,23,25-27,43,45,63H,4-7,9-10,12-16,18,20-22,24,28-42,44,46-62H2,1-3H3/b11-8-,19-17-,25-23-,27-26-,45-43-. The maximum Gasteiger partial charge on any atom is 0.306 e. The average Bonchev–Trinajstić information content (AvgIpc) is 3.38. The first-order valence-electron chi connectivity index (χ1n) is 31.3. The van der Waals surface area contributed by atoms with E-state index in [-0.39, 0.29) is 31.1 Å². The van der Waals surface area contributed by atoms with E-state index in [2.05, 4.69) is 81.5 Å². The van der Waals surface area contributed by atoms with Gasteiger partial charge in [0.1, 0.15) is 13.2 Å². The Labute approximate surface area is 447 Å². The zero-order valence-electron chi connectivity index (χ0n) is 47.9. The molecule has 0 aliphatic heterocycles. The quantitative estimate of drug-likeness (QED) is 0.0261. The fourth-order valence-corrected chi connectivity index (χ4v) is 9.08. The Morgan fingerprint density at radius 2 is 0.542 bits per heavy atom. The fraction of sp³-hybridized carbons (Fsp3) is 0.803. The van der Waals surface area contributed by atoms with Gasteiger partial charge < -0.3 is 14.2 Å². The molecule has 0 aromatic carbocycles. The monoisotopic (exact) mass is 1010 g/mol. The molecule has 72 heavy (non-hydrogen) atoms. The molecule has 0 bridgehead atoms. The minimum Gasteiger partial charge on any atom is -0.462 e. The summed E-state index contributed by atoms with van der Waals surface area (Å²) in [5, 5.41) is 0. The number of carbonyl (C=O) groups excluding carboxylic acids is 3. The van der Waals surface area contributed by atoms with Gasteiger partial charge in [0.2, 0.25) is 0 Å². The lowest BCUT2D eigenvalue weighted by molar-refractivity contribution is -0.167. The van der Waals surface area contributed by atoms with Crippen LogP contribution in [0.2, 0.25) is 0 Å². The number of allylic oxidation sites excluding steroid dienone is 10. The number of unbranched alkanes of at least 4 members (excludes halogenated alkanes) is 36. The Balaban J connectivity index is 4.00. The number of rotatable bonds is 57. The average molecular weight is 1010 g/mol. The number of hydrogen-bond donors (Lipinski definition) is 0. The summed E-state index contributed by atoms with van der Waals surface area (Å²) in [5.74, 6) is -0.904. The second-order valence-electron chi connectivity index (χ2n) is 20.9. The summed E-state index contributed by atoms with van der Waals surface area (Å²) < 4.78 is 16.8. The third-order valence-corrected chi connectivity index (χ3v) is 13.8. The molecule has 0 heterocycles. The molecule has 0 spiro atoms. The molecule has 0 aliphatic rings. The first-order chi connectivity index (χ1) is 35.5. The van der Waals surface area contributed by atoms with Crippen LogP contribution in [0.5, 0.6) is 0 Å².